The Morgan fingerprint density at radius 1 is 1.40 bits per heavy atom. The van der Waals surface area contributed by atoms with Crippen molar-refractivity contribution in [3.05, 3.63) is 18.5 Å². The van der Waals surface area contributed by atoms with E-state index in [2.05, 4.69) is 15.2 Å². The molecule has 2 aromatic heterocycles. The second kappa shape index (κ2) is 3.41. The standard InChI is InChI=1S/C10H11N3OS/c14-15(8-2-1-3-8)9-4-7-5-12-13-10(7)11-6-9/h4-6,8H,1-3H2,(H,11,12,13). The number of hydrogen-bond donors (Lipinski definition) is 1. The summed E-state index contributed by atoms with van der Waals surface area (Å²) in [6, 6.07) is 1.92. The first kappa shape index (κ1) is 9.03. The maximum atomic E-state index is 12.0. The van der Waals surface area contributed by atoms with Gasteiger partial charge in [-0.1, -0.05) is 6.42 Å². The molecule has 5 heteroatoms. The molecule has 0 bridgehead atoms. The predicted molar refractivity (Wildman–Crippen MR) is 57.9 cm³/mol. The lowest BCUT2D eigenvalue weighted by Crippen LogP contribution is -2.23. The van der Waals surface area contributed by atoms with Crippen molar-refractivity contribution >= 4 is 21.8 Å². The Morgan fingerprint density at radius 3 is 3.00 bits per heavy atom. The molecule has 1 N–H and O–H groups in total. The molecule has 0 spiro atoms. The van der Waals surface area contributed by atoms with Gasteiger partial charge in [0.15, 0.2) is 5.65 Å². The average molecular weight is 221 g/mol. The van der Waals surface area contributed by atoms with E-state index >= 15 is 0 Å². The summed E-state index contributed by atoms with van der Waals surface area (Å²) in [6.07, 6.45) is 6.77. The van der Waals surface area contributed by atoms with Crippen molar-refractivity contribution in [2.45, 2.75) is 29.4 Å². The maximum absolute atomic E-state index is 12.0. The van der Waals surface area contributed by atoms with E-state index in [1.54, 1.807) is 12.4 Å². The fraction of sp³-hybridized carbons (Fsp3) is 0.400. The predicted octanol–water partition coefficient (Wildman–Crippen LogP) is 1.62. The summed E-state index contributed by atoms with van der Waals surface area (Å²) in [6.45, 7) is 0. The molecule has 0 amide bonds. The van der Waals surface area contributed by atoms with Crippen molar-refractivity contribution in [1.29, 1.82) is 0 Å². The quantitative estimate of drug-likeness (QED) is 0.838. The third-order valence-electron chi connectivity index (χ3n) is 2.85. The van der Waals surface area contributed by atoms with Gasteiger partial charge in [-0.15, -0.1) is 0 Å². The van der Waals surface area contributed by atoms with E-state index in [-0.39, 0.29) is 0 Å². The minimum absolute atomic E-state index is 0.344. The van der Waals surface area contributed by atoms with Gasteiger partial charge in [0, 0.05) is 16.8 Å². The molecule has 2 heterocycles. The number of aromatic amines is 1. The van der Waals surface area contributed by atoms with Gasteiger partial charge < -0.3 is 0 Å². The van der Waals surface area contributed by atoms with E-state index in [1.807, 2.05) is 6.07 Å². The highest BCUT2D eigenvalue weighted by Gasteiger charge is 2.25. The molecule has 1 aliphatic rings. The number of pyridine rings is 1. The van der Waals surface area contributed by atoms with E-state index in [0.717, 1.165) is 28.8 Å². The number of aromatic nitrogens is 3. The highest BCUT2D eigenvalue weighted by molar-refractivity contribution is 7.85. The van der Waals surface area contributed by atoms with Gasteiger partial charge >= 0.3 is 0 Å². The topological polar surface area (TPSA) is 58.6 Å². The molecule has 1 fully saturated rings. The van der Waals surface area contributed by atoms with Crippen LogP contribution < -0.4 is 0 Å². The van der Waals surface area contributed by atoms with Crippen molar-refractivity contribution in [3.8, 4) is 0 Å². The molecular formula is C10H11N3OS. The normalized spacial score (nSPS) is 18.9. The van der Waals surface area contributed by atoms with Gasteiger partial charge in [-0.05, 0) is 18.9 Å². The van der Waals surface area contributed by atoms with Gasteiger partial charge in [-0.2, -0.15) is 5.10 Å². The zero-order valence-corrected chi connectivity index (χ0v) is 8.96. The molecule has 1 aliphatic carbocycles. The number of nitrogens with zero attached hydrogens (tertiary/aromatic N) is 2. The zero-order valence-electron chi connectivity index (χ0n) is 8.14. The summed E-state index contributed by atoms with van der Waals surface area (Å²) in [5.74, 6) is 0. The van der Waals surface area contributed by atoms with Gasteiger partial charge in [0.05, 0.1) is 21.9 Å². The zero-order chi connectivity index (χ0) is 10.3. The van der Waals surface area contributed by atoms with Gasteiger partial charge in [0.2, 0.25) is 0 Å². The van der Waals surface area contributed by atoms with Crippen molar-refractivity contribution in [2.24, 2.45) is 0 Å². The first-order valence-corrected chi connectivity index (χ1v) is 6.25. The van der Waals surface area contributed by atoms with Crippen LogP contribution in [0.25, 0.3) is 11.0 Å². The lowest BCUT2D eigenvalue weighted by atomic mass is 10.0. The van der Waals surface area contributed by atoms with Crippen molar-refractivity contribution < 1.29 is 4.21 Å². The van der Waals surface area contributed by atoms with Crippen molar-refractivity contribution in [3.63, 3.8) is 0 Å². The number of nitrogens with one attached hydrogen (secondary N) is 1. The van der Waals surface area contributed by atoms with Crippen molar-refractivity contribution in [2.75, 3.05) is 0 Å². The van der Waals surface area contributed by atoms with Gasteiger partial charge in [-0.25, -0.2) is 4.98 Å². The van der Waals surface area contributed by atoms with Crippen LogP contribution in [-0.4, -0.2) is 24.6 Å². The Bertz CT molecular complexity index is 518. The Hall–Kier alpha value is -1.23. The van der Waals surface area contributed by atoms with Crippen LogP contribution in [0.2, 0.25) is 0 Å². The first-order valence-electron chi connectivity index (χ1n) is 5.04. The first-order chi connectivity index (χ1) is 7.34. The number of H-pyrrole nitrogens is 1. The van der Waals surface area contributed by atoms with E-state index in [4.69, 9.17) is 0 Å². The number of rotatable bonds is 2. The largest absolute Gasteiger partial charge is 0.261 e. The number of hydrogen-bond acceptors (Lipinski definition) is 3. The highest BCUT2D eigenvalue weighted by Crippen LogP contribution is 2.28. The molecule has 1 saturated carbocycles. The van der Waals surface area contributed by atoms with Crippen LogP contribution in [-0.2, 0) is 10.8 Å². The molecule has 1 atom stereocenters. The van der Waals surface area contributed by atoms with Crippen LogP contribution in [0, 0.1) is 0 Å². The summed E-state index contributed by atoms with van der Waals surface area (Å²) in [5.41, 5.74) is 0.754. The lowest BCUT2D eigenvalue weighted by Gasteiger charge is -2.24. The minimum Gasteiger partial charge on any atom is -0.261 e. The average Bonchev–Trinajstić information content (AvgIpc) is 2.61. The van der Waals surface area contributed by atoms with Crippen LogP contribution >= 0.6 is 0 Å². The molecule has 0 aliphatic heterocycles. The van der Waals surface area contributed by atoms with Gasteiger partial charge in [0.25, 0.3) is 0 Å². The summed E-state index contributed by atoms with van der Waals surface area (Å²) in [5, 5.41) is 7.95. The SMILES string of the molecule is O=S(c1cnc2[nH]ncc2c1)C1CCC1. The molecule has 0 radical (unpaired) electrons. The summed E-state index contributed by atoms with van der Waals surface area (Å²) < 4.78 is 12.0. The van der Waals surface area contributed by atoms with Crippen LogP contribution in [0.4, 0.5) is 0 Å². The second-order valence-corrected chi connectivity index (χ2v) is 5.56. The molecule has 4 nitrogen and oxygen atoms in total. The molecule has 78 valence electrons. The van der Waals surface area contributed by atoms with E-state index < -0.39 is 10.8 Å². The summed E-state index contributed by atoms with van der Waals surface area (Å²) in [7, 11) is -0.886. The Kier molecular flexibility index (Phi) is 2.05. The molecule has 0 aromatic carbocycles. The Balaban J connectivity index is 1.99. The molecule has 2 aromatic rings. The maximum Gasteiger partial charge on any atom is 0.155 e. The third-order valence-corrected chi connectivity index (χ3v) is 4.62. The van der Waals surface area contributed by atoms with Crippen LogP contribution in [0.15, 0.2) is 23.4 Å². The summed E-state index contributed by atoms with van der Waals surface area (Å²) >= 11 is 0. The fourth-order valence-electron chi connectivity index (χ4n) is 1.70. The van der Waals surface area contributed by atoms with Gasteiger partial charge in [-0.3, -0.25) is 9.31 Å². The lowest BCUT2D eigenvalue weighted by molar-refractivity contribution is 0.505. The highest BCUT2D eigenvalue weighted by atomic mass is 32.2. The molecule has 1 unspecified atom stereocenters. The second-order valence-electron chi connectivity index (χ2n) is 3.83. The van der Waals surface area contributed by atoms with E-state index in [0.29, 0.717) is 5.25 Å². The van der Waals surface area contributed by atoms with Crippen LogP contribution in [0.1, 0.15) is 19.3 Å². The fourth-order valence-corrected chi connectivity index (χ4v) is 3.25. The number of fused-ring (bicyclic) bond motifs is 1. The molecule has 0 saturated heterocycles. The van der Waals surface area contributed by atoms with Crippen LogP contribution in [0.3, 0.4) is 0 Å². The van der Waals surface area contributed by atoms with E-state index in [9.17, 15) is 4.21 Å². The summed E-state index contributed by atoms with van der Waals surface area (Å²) in [4.78, 5) is 5.02. The Morgan fingerprint density at radius 2 is 2.27 bits per heavy atom. The van der Waals surface area contributed by atoms with Crippen molar-refractivity contribution in [1.82, 2.24) is 15.2 Å². The third kappa shape index (κ3) is 1.47. The van der Waals surface area contributed by atoms with E-state index in [1.165, 1.54) is 6.42 Å². The smallest absolute Gasteiger partial charge is 0.155 e. The Labute approximate surface area is 89.6 Å². The molecule has 3 rings (SSSR count). The molecule has 15 heavy (non-hydrogen) atoms. The van der Waals surface area contributed by atoms with Crippen LogP contribution in [0.5, 0.6) is 0 Å². The minimum atomic E-state index is -0.886. The van der Waals surface area contributed by atoms with Gasteiger partial charge in [0.1, 0.15) is 0 Å². The monoisotopic (exact) mass is 221 g/mol. The molecular weight excluding hydrogens is 210 g/mol.